The second-order valence-electron chi connectivity index (χ2n) is 4.39. The normalized spacial score (nSPS) is 10.7. The Hall–Kier alpha value is -2.46. The molecule has 3 aromatic rings. The standard InChI is InChI=1S/C15H12ClN3O/c16-9-7-12(17)15(18-8-9)19-13-5-1-4-11-10(13)3-2-6-14(11)20/h1-8,20H,17H2,(H,18,19). The van der Waals surface area contributed by atoms with Gasteiger partial charge in [0, 0.05) is 22.7 Å². The van der Waals surface area contributed by atoms with Crippen LogP contribution in [0.15, 0.2) is 48.7 Å². The number of halogens is 1. The average molecular weight is 286 g/mol. The van der Waals surface area contributed by atoms with Gasteiger partial charge in [0.1, 0.15) is 5.75 Å². The van der Waals surface area contributed by atoms with Crippen molar-refractivity contribution in [2.75, 3.05) is 11.1 Å². The Labute approximate surface area is 120 Å². The highest BCUT2D eigenvalue weighted by Crippen LogP contribution is 2.32. The van der Waals surface area contributed by atoms with Crippen LogP contribution < -0.4 is 11.1 Å². The molecule has 0 radical (unpaired) electrons. The van der Waals surface area contributed by atoms with Gasteiger partial charge in [-0.05, 0) is 18.2 Å². The molecule has 0 aliphatic heterocycles. The Balaban J connectivity index is 2.09. The molecule has 5 heteroatoms. The van der Waals surface area contributed by atoms with Crippen LogP contribution in [0.1, 0.15) is 0 Å². The number of rotatable bonds is 2. The highest BCUT2D eigenvalue weighted by molar-refractivity contribution is 6.30. The largest absolute Gasteiger partial charge is 0.507 e. The van der Waals surface area contributed by atoms with Gasteiger partial charge in [0.25, 0.3) is 0 Å². The number of hydrogen-bond acceptors (Lipinski definition) is 4. The van der Waals surface area contributed by atoms with Crippen LogP contribution in [-0.2, 0) is 0 Å². The van der Waals surface area contributed by atoms with Crippen molar-refractivity contribution in [3.63, 3.8) is 0 Å². The van der Waals surface area contributed by atoms with Gasteiger partial charge in [0.15, 0.2) is 5.82 Å². The van der Waals surface area contributed by atoms with Gasteiger partial charge in [-0.1, -0.05) is 35.9 Å². The van der Waals surface area contributed by atoms with E-state index in [9.17, 15) is 5.11 Å². The minimum Gasteiger partial charge on any atom is -0.507 e. The van der Waals surface area contributed by atoms with Crippen molar-refractivity contribution in [2.45, 2.75) is 0 Å². The van der Waals surface area contributed by atoms with E-state index >= 15 is 0 Å². The minimum absolute atomic E-state index is 0.239. The molecule has 0 spiro atoms. The van der Waals surface area contributed by atoms with Gasteiger partial charge in [0.05, 0.1) is 10.7 Å². The van der Waals surface area contributed by atoms with Crippen LogP contribution >= 0.6 is 11.6 Å². The van der Waals surface area contributed by atoms with Crippen LogP contribution in [-0.4, -0.2) is 10.1 Å². The highest BCUT2D eigenvalue weighted by atomic mass is 35.5. The van der Waals surface area contributed by atoms with Gasteiger partial charge in [-0.15, -0.1) is 0 Å². The lowest BCUT2D eigenvalue weighted by Gasteiger charge is -2.11. The van der Waals surface area contributed by atoms with Gasteiger partial charge >= 0.3 is 0 Å². The van der Waals surface area contributed by atoms with Gasteiger partial charge in [-0.25, -0.2) is 4.98 Å². The molecular formula is C15H12ClN3O. The van der Waals surface area contributed by atoms with E-state index in [0.29, 0.717) is 16.5 Å². The molecule has 4 nitrogen and oxygen atoms in total. The minimum atomic E-state index is 0.239. The summed E-state index contributed by atoms with van der Waals surface area (Å²) in [7, 11) is 0. The van der Waals surface area contributed by atoms with Crippen molar-refractivity contribution in [3.8, 4) is 5.75 Å². The topological polar surface area (TPSA) is 71.2 Å². The predicted molar refractivity (Wildman–Crippen MR) is 82.6 cm³/mol. The molecule has 0 atom stereocenters. The first-order chi connectivity index (χ1) is 9.65. The van der Waals surface area contributed by atoms with Gasteiger partial charge in [-0.3, -0.25) is 0 Å². The first-order valence-corrected chi connectivity index (χ1v) is 6.42. The van der Waals surface area contributed by atoms with Crippen LogP contribution in [0, 0.1) is 0 Å². The number of nitrogens with two attached hydrogens (primary N) is 1. The lowest BCUT2D eigenvalue weighted by Crippen LogP contribution is -1.99. The summed E-state index contributed by atoms with van der Waals surface area (Å²) in [4.78, 5) is 4.17. The Morgan fingerprint density at radius 3 is 2.65 bits per heavy atom. The second kappa shape index (κ2) is 4.90. The number of anilines is 3. The third-order valence-corrected chi connectivity index (χ3v) is 3.24. The molecule has 1 heterocycles. The predicted octanol–water partition coefficient (Wildman–Crippen LogP) is 3.92. The van der Waals surface area contributed by atoms with Crippen molar-refractivity contribution in [2.24, 2.45) is 0 Å². The SMILES string of the molecule is Nc1cc(Cl)cnc1Nc1cccc2c(O)cccc12. The maximum atomic E-state index is 9.87. The van der Waals surface area contributed by atoms with Crippen molar-refractivity contribution < 1.29 is 5.11 Å². The Bertz CT molecular complexity index is 789. The molecule has 0 aliphatic rings. The molecule has 0 fully saturated rings. The van der Waals surface area contributed by atoms with Crippen molar-refractivity contribution in [1.82, 2.24) is 4.98 Å². The van der Waals surface area contributed by atoms with Crippen LogP contribution in [0.2, 0.25) is 5.02 Å². The van der Waals surface area contributed by atoms with Crippen molar-refractivity contribution in [3.05, 3.63) is 53.7 Å². The molecule has 3 rings (SSSR count). The monoisotopic (exact) mass is 285 g/mol. The summed E-state index contributed by atoms with van der Waals surface area (Å²) in [6, 6.07) is 12.6. The fraction of sp³-hybridized carbons (Fsp3) is 0. The quantitative estimate of drug-likeness (QED) is 0.667. The Morgan fingerprint density at radius 1 is 1.10 bits per heavy atom. The molecule has 100 valence electrons. The van der Waals surface area contributed by atoms with E-state index in [0.717, 1.165) is 16.5 Å². The van der Waals surface area contributed by atoms with E-state index < -0.39 is 0 Å². The molecule has 0 unspecified atom stereocenters. The fourth-order valence-corrected chi connectivity index (χ4v) is 2.26. The van der Waals surface area contributed by atoms with E-state index in [2.05, 4.69) is 10.3 Å². The summed E-state index contributed by atoms with van der Waals surface area (Å²) < 4.78 is 0. The number of nitrogens with zero attached hydrogens (tertiary/aromatic N) is 1. The summed E-state index contributed by atoms with van der Waals surface area (Å²) >= 11 is 5.83. The van der Waals surface area contributed by atoms with Crippen LogP contribution in [0.3, 0.4) is 0 Å². The van der Waals surface area contributed by atoms with Crippen LogP contribution in [0.4, 0.5) is 17.2 Å². The number of aromatic nitrogens is 1. The lowest BCUT2D eigenvalue weighted by atomic mass is 10.1. The van der Waals surface area contributed by atoms with E-state index in [-0.39, 0.29) is 5.75 Å². The number of nitrogens with one attached hydrogen (secondary N) is 1. The summed E-state index contributed by atoms with van der Waals surface area (Å²) in [6.07, 6.45) is 1.53. The fourth-order valence-electron chi connectivity index (χ4n) is 2.09. The first kappa shape index (κ1) is 12.6. The molecule has 2 aromatic carbocycles. The summed E-state index contributed by atoms with van der Waals surface area (Å²) in [6.45, 7) is 0. The van der Waals surface area contributed by atoms with Gasteiger partial charge < -0.3 is 16.2 Å². The number of hydrogen-bond donors (Lipinski definition) is 3. The average Bonchev–Trinajstić information content (AvgIpc) is 2.43. The van der Waals surface area contributed by atoms with E-state index in [1.54, 1.807) is 18.2 Å². The molecule has 0 aliphatic carbocycles. The third-order valence-electron chi connectivity index (χ3n) is 3.04. The number of phenolic OH excluding ortho intramolecular Hbond substituents is 1. The molecule has 20 heavy (non-hydrogen) atoms. The summed E-state index contributed by atoms with van der Waals surface area (Å²) in [5, 5.41) is 15.2. The van der Waals surface area contributed by atoms with E-state index in [1.807, 2.05) is 24.3 Å². The number of fused-ring (bicyclic) bond motifs is 1. The number of benzene rings is 2. The number of phenols is 1. The summed E-state index contributed by atoms with van der Waals surface area (Å²) in [5.74, 6) is 0.772. The number of pyridine rings is 1. The first-order valence-electron chi connectivity index (χ1n) is 6.04. The lowest BCUT2D eigenvalue weighted by molar-refractivity contribution is 0.481. The number of nitrogen functional groups attached to an aromatic ring is 1. The Morgan fingerprint density at radius 2 is 1.85 bits per heavy atom. The van der Waals surface area contributed by atoms with E-state index in [4.69, 9.17) is 17.3 Å². The zero-order valence-corrected chi connectivity index (χ0v) is 11.2. The second-order valence-corrected chi connectivity index (χ2v) is 4.83. The smallest absolute Gasteiger partial charge is 0.153 e. The summed E-state index contributed by atoms with van der Waals surface area (Å²) in [5.41, 5.74) is 7.17. The molecular weight excluding hydrogens is 274 g/mol. The van der Waals surface area contributed by atoms with Gasteiger partial charge in [-0.2, -0.15) is 0 Å². The van der Waals surface area contributed by atoms with E-state index in [1.165, 1.54) is 6.20 Å². The van der Waals surface area contributed by atoms with Crippen LogP contribution in [0.5, 0.6) is 5.75 Å². The van der Waals surface area contributed by atoms with Crippen molar-refractivity contribution >= 4 is 39.6 Å². The number of aromatic hydroxyl groups is 1. The maximum Gasteiger partial charge on any atom is 0.153 e. The molecule has 0 saturated carbocycles. The van der Waals surface area contributed by atoms with Gasteiger partial charge in [0.2, 0.25) is 0 Å². The molecule has 0 bridgehead atoms. The zero-order valence-electron chi connectivity index (χ0n) is 10.5. The molecule has 1 aromatic heterocycles. The molecule has 0 amide bonds. The Kier molecular flexibility index (Phi) is 3.08. The van der Waals surface area contributed by atoms with Crippen LogP contribution in [0.25, 0.3) is 10.8 Å². The zero-order chi connectivity index (χ0) is 14.1. The maximum absolute atomic E-state index is 9.87. The molecule has 0 saturated heterocycles. The van der Waals surface area contributed by atoms with Crippen molar-refractivity contribution in [1.29, 1.82) is 0 Å². The third kappa shape index (κ3) is 2.21. The highest BCUT2D eigenvalue weighted by Gasteiger charge is 2.07. The molecule has 4 N–H and O–H groups in total.